The summed E-state index contributed by atoms with van der Waals surface area (Å²) < 4.78 is 22.0. The third kappa shape index (κ3) is 7.18. The topological polar surface area (TPSA) is 43.4 Å². The zero-order chi connectivity index (χ0) is 29.0. The summed E-state index contributed by atoms with van der Waals surface area (Å²) in [5.41, 5.74) is 5.75. The predicted molar refractivity (Wildman–Crippen MR) is 169 cm³/mol. The molecule has 210 valence electrons. The zero-order valence-corrected chi connectivity index (χ0v) is 24.0. The smallest absolute Gasteiger partial charge is 0.120 e. The molecule has 0 aliphatic heterocycles. The van der Waals surface area contributed by atoms with E-state index in [2.05, 4.69) is 58.8 Å². The molecule has 0 N–H and O–H groups in total. The Hall–Kier alpha value is -4.94. The average Bonchev–Trinajstić information content (AvgIpc) is 3.03. The number of benzene rings is 4. The van der Waals surface area contributed by atoms with E-state index in [0.717, 1.165) is 51.4 Å². The van der Waals surface area contributed by atoms with Crippen LogP contribution in [0.4, 0.5) is 28.4 Å². The molecule has 0 saturated carbocycles. The predicted octanol–water partition coefficient (Wildman–Crippen LogP) is 8.59. The molecule has 4 aromatic carbocycles. The molecule has 0 aliphatic rings. The maximum absolute atomic E-state index is 5.54. The third-order valence-electron chi connectivity index (χ3n) is 6.42. The SMILES string of the molecule is C=C/C=C\C(=C/COC)N(c1ccc(N(c2cccc(OC)c2)c2cccc(OC)c2)cc1)c1cccc(OC)c1. The first-order chi connectivity index (χ1) is 20.1. The van der Waals surface area contributed by atoms with Crippen molar-refractivity contribution in [2.45, 2.75) is 0 Å². The maximum atomic E-state index is 5.54. The van der Waals surface area contributed by atoms with E-state index in [1.807, 2.05) is 72.8 Å². The molecule has 0 bridgehead atoms. The molecule has 0 aliphatic carbocycles. The lowest BCUT2D eigenvalue weighted by molar-refractivity contribution is 0.233. The molecule has 6 nitrogen and oxygen atoms in total. The molecule has 0 atom stereocenters. The second-order valence-electron chi connectivity index (χ2n) is 8.97. The van der Waals surface area contributed by atoms with Gasteiger partial charge in [0.1, 0.15) is 17.2 Å². The molecule has 0 spiro atoms. The standard InChI is InChI=1S/C35H36N2O4/c1-6-7-11-27(22-23-38-2)36(30-12-8-15-33(24-30)39-3)28-18-20-29(21-19-28)37(31-13-9-16-34(25-31)40-4)32-14-10-17-35(26-32)41-5/h6-22,24-26H,1,23H2,2-5H3/b11-7-,27-22+. The molecule has 0 fully saturated rings. The van der Waals surface area contributed by atoms with Gasteiger partial charge in [0.05, 0.1) is 27.9 Å². The fourth-order valence-corrected chi connectivity index (χ4v) is 4.46. The van der Waals surface area contributed by atoms with Crippen molar-refractivity contribution >= 4 is 28.4 Å². The molecule has 0 saturated heterocycles. The Labute approximate surface area is 243 Å². The van der Waals surface area contributed by atoms with Gasteiger partial charge in [-0.3, -0.25) is 0 Å². The first kappa shape index (κ1) is 29.1. The maximum Gasteiger partial charge on any atom is 0.120 e. The molecule has 6 heteroatoms. The minimum atomic E-state index is 0.453. The molecular formula is C35H36N2O4. The third-order valence-corrected chi connectivity index (χ3v) is 6.42. The van der Waals surface area contributed by atoms with Gasteiger partial charge < -0.3 is 28.7 Å². The van der Waals surface area contributed by atoms with Crippen LogP contribution in [0.2, 0.25) is 0 Å². The van der Waals surface area contributed by atoms with Crippen LogP contribution in [0.25, 0.3) is 0 Å². The van der Waals surface area contributed by atoms with Crippen molar-refractivity contribution in [3.63, 3.8) is 0 Å². The summed E-state index contributed by atoms with van der Waals surface area (Å²) >= 11 is 0. The molecule has 4 rings (SSSR count). The van der Waals surface area contributed by atoms with Crippen LogP contribution < -0.4 is 24.0 Å². The first-order valence-corrected chi connectivity index (χ1v) is 13.2. The molecule has 0 radical (unpaired) electrons. The summed E-state index contributed by atoms with van der Waals surface area (Å²) in [4.78, 5) is 4.33. The van der Waals surface area contributed by atoms with Crippen molar-refractivity contribution in [1.82, 2.24) is 0 Å². The number of ether oxygens (including phenoxy) is 4. The summed E-state index contributed by atoms with van der Waals surface area (Å²) in [6, 6.07) is 32.4. The second kappa shape index (κ2) is 14.4. The molecular weight excluding hydrogens is 512 g/mol. The highest BCUT2D eigenvalue weighted by Crippen LogP contribution is 2.39. The molecule has 0 aromatic heterocycles. The number of hydrogen-bond acceptors (Lipinski definition) is 6. The molecule has 0 amide bonds. The lowest BCUT2D eigenvalue weighted by atomic mass is 10.1. The van der Waals surface area contributed by atoms with Gasteiger partial charge in [-0.25, -0.2) is 0 Å². The number of rotatable bonds is 13. The lowest BCUT2D eigenvalue weighted by Crippen LogP contribution is -2.16. The monoisotopic (exact) mass is 548 g/mol. The largest absolute Gasteiger partial charge is 0.497 e. The Balaban J connectivity index is 1.84. The lowest BCUT2D eigenvalue weighted by Gasteiger charge is -2.29. The minimum absolute atomic E-state index is 0.453. The van der Waals surface area contributed by atoms with Gasteiger partial charge in [-0.2, -0.15) is 0 Å². The van der Waals surface area contributed by atoms with Crippen LogP contribution in [0.5, 0.6) is 17.2 Å². The van der Waals surface area contributed by atoms with Gasteiger partial charge in [-0.05, 0) is 72.8 Å². The highest BCUT2D eigenvalue weighted by Gasteiger charge is 2.17. The Bertz CT molecular complexity index is 1450. The van der Waals surface area contributed by atoms with Crippen molar-refractivity contribution in [2.75, 3.05) is 44.8 Å². The van der Waals surface area contributed by atoms with Crippen molar-refractivity contribution in [2.24, 2.45) is 0 Å². The number of anilines is 5. The van der Waals surface area contributed by atoms with Crippen LogP contribution in [0.15, 0.2) is 134 Å². The van der Waals surface area contributed by atoms with E-state index in [9.17, 15) is 0 Å². The Morgan fingerprint density at radius 2 is 1.12 bits per heavy atom. The van der Waals surface area contributed by atoms with Gasteiger partial charge >= 0.3 is 0 Å². The quantitative estimate of drug-likeness (QED) is 0.156. The normalized spacial score (nSPS) is 11.3. The Morgan fingerprint density at radius 1 is 0.634 bits per heavy atom. The summed E-state index contributed by atoms with van der Waals surface area (Å²) in [5, 5.41) is 0. The summed E-state index contributed by atoms with van der Waals surface area (Å²) in [6.07, 6.45) is 7.72. The van der Waals surface area contributed by atoms with E-state index < -0.39 is 0 Å². The van der Waals surface area contributed by atoms with Gasteiger partial charge in [0, 0.05) is 59.4 Å². The van der Waals surface area contributed by atoms with E-state index in [1.165, 1.54) is 0 Å². The van der Waals surface area contributed by atoms with E-state index in [0.29, 0.717) is 6.61 Å². The average molecular weight is 549 g/mol. The van der Waals surface area contributed by atoms with Gasteiger partial charge in [0.15, 0.2) is 0 Å². The molecule has 0 unspecified atom stereocenters. The van der Waals surface area contributed by atoms with E-state index in [-0.39, 0.29) is 0 Å². The number of nitrogens with zero attached hydrogens (tertiary/aromatic N) is 2. The van der Waals surface area contributed by atoms with Crippen LogP contribution in [0.3, 0.4) is 0 Å². The van der Waals surface area contributed by atoms with Crippen LogP contribution >= 0.6 is 0 Å². The van der Waals surface area contributed by atoms with Crippen molar-refractivity contribution in [3.05, 3.63) is 134 Å². The number of methoxy groups -OCH3 is 4. The highest BCUT2D eigenvalue weighted by atomic mass is 16.5. The number of allylic oxidation sites excluding steroid dienone is 3. The van der Waals surface area contributed by atoms with Crippen LogP contribution in [0, 0.1) is 0 Å². The van der Waals surface area contributed by atoms with Gasteiger partial charge in [0.2, 0.25) is 0 Å². The Kier molecular flexibility index (Phi) is 10.2. The summed E-state index contributed by atoms with van der Waals surface area (Å²) in [7, 11) is 6.70. The highest BCUT2D eigenvalue weighted by molar-refractivity contribution is 5.80. The van der Waals surface area contributed by atoms with Crippen LogP contribution in [-0.2, 0) is 4.74 Å². The van der Waals surface area contributed by atoms with Crippen molar-refractivity contribution in [1.29, 1.82) is 0 Å². The summed E-state index contributed by atoms with van der Waals surface area (Å²) in [5.74, 6) is 2.32. The zero-order valence-electron chi connectivity index (χ0n) is 24.0. The van der Waals surface area contributed by atoms with Gasteiger partial charge in [-0.15, -0.1) is 0 Å². The van der Waals surface area contributed by atoms with Gasteiger partial charge in [-0.1, -0.05) is 36.9 Å². The fourth-order valence-electron chi connectivity index (χ4n) is 4.46. The van der Waals surface area contributed by atoms with Crippen molar-refractivity contribution < 1.29 is 18.9 Å². The van der Waals surface area contributed by atoms with Crippen LogP contribution in [0.1, 0.15) is 0 Å². The van der Waals surface area contributed by atoms with E-state index in [1.54, 1.807) is 34.5 Å². The molecule has 4 aromatic rings. The first-order valence-electron chi connectivity index (χ1n) is 13.2. The van der Waals surface area contributed by atoms with E-state index in [4.69, 9.17) is 18.9 Å². The van der Waals surface area contributed by atoms with Crippen LogP contribution in [-0.4, -0.2) is 35.0 Å². The molecule has 41 heavy (non-hydrogen) atoms. The number of hydrogen-bond donors (Lipinski definition) is 0. The van der Waals surface area contributed by atoms with Gasteiger partial charge in [0.25, 0.3) is 0 Å². The fraction of sp³-hybridized carbons (Fsp3) is 0.143. The summed E-state index contributed by atoms with van der Waals surface area (Å²) in [6.45, 7) is 4.30. The second-order valence-corrected chi connectivity index (χ2v) is 8.97. The Morgan fingerprint density at radius 3 is 1.61 bits per heavy atom. The van der Waals surface area contributed by atoms with Crippen molar-refractivity contribution in [3.8, 4) is 17.2 Å². The molecule has 0 heterocycles. The van der Waals surface area contributed by atoms with E-state index >= 15 is 0 Å². The minimum Gasteiger partial charge on any atom is -0.497 e.